The highest BCUT2D eigenvalue weighted by Gasteiger charge is 2.10. The molecule has 21 heavy (non-hydrogen) atoms. The zero-order valence-electron chi connectivity index (χ0n) is 12.2. The van der Waals surface area contributed by atoms with E-state index in [2.05, 4.69) is 79.1 Å². The number of benzene rings is 3. The Hall–Kier alpha value is -2.16. The van der Waals surface area contributed by atoms with Gasteiger partial charge in [0.25, 0.3) is 0 Å². The van der Waals surface area contributed by atoms with Crippen molar-refractivity contribution in [2.75, 3.05) is 0 Å². The summed E-state index contributed by atoms with van der Waals surface area (Å²) >= 11 is 0. The van der Waals surface area contributed by atoms with Crippen LogP contribution in [0.3, 0.4) is 0 Å². The topological polar surface area (TPSA) is 38.0 Å². The summed E-state index contributed by atoms with van der Waals surface area (Å²) in [4.78, 5) is 0. The van der Waals surface area contributed by atoms with Crippen LogP contribution in [0, 0.1) is 6.92 Å². The van der Waals surface area contributed by atoms with Crippen LogP contribution in [-0.4, -0.2) is 0 Å². The fourth-order valence-electron chi connectivity index (χ4n) is 2.67. The summed E-state index contributed by atoms with van der Waals surface area (Å²) in [6, 6.07) is 23.7. The Balaban J connectivity index is 1.86. The zero-order valence-corrected chi connectivity index (χ0v) is 12.2. The van der Waals surface area contributed by atoms with E-state index >= 15 is 0 Å². The standard InChI is InChI=1S/C19H20N2/c1-14-6-9-17(10-7-14)19(21-20)13-15-8-11-16-4-2-3-5-18(16)12-15/h2-12,19,21H,13,20H2,1H3. The van der Waals surface area contributed by atoms with E-state index in [1.807, 2.05) is 0 Å². The van der Waals surface area contributed by atoms with Crippen LogP contribution in [-0.2, 0) is 6.42 Å². The number of hydrogen-bond donors (Lipinski definition) is 2. The van der Waals surface area contributed by atoms with Gasteiger partial charge in [-0.15, -0.1) is 0 Å². The Bertz CT molecular complexity index is 732. The van der Waals surface area contributed by atoms with Crippen LogP contribution in [0.15, 0.2) is 66.7 Å². The number of hydrazine groups is 1. The second kappa shape index (κ2) is 6.08. The molecule has 0 fully saturated rings. The Morgan fingerprint density at radius 2 is 1.62 bits per heavy atom. The van der Waals surface area contributed by atoms with Gasteiger partial charge in [0, 0.05) is 6.04 Å². The lowest BCUT2D eigenvalue weighted by atomic mass is 9.97. The molecule has 0 bridgehead atoms. The number of nitrogens with two attached hydrogens (primary N) is 1. The second-order valence-electron chi connectivity index (χ2n) is 5.52. The minimum atomic E-state index is 0.131. The van der Waals surface area contributed by atoms with Gasteiger partial charge in [0.15, 0.2) is 0 Å². The van der Waals surface area contributed by atoms with E-state index in [0.29, 0.717) is 0 Å². The Morgan fingerprint density at radius 3 is 2.33 bits per heavy atom. The van der Waals surface area contributed by atoms with E-state index in [0.717, 1.165) is 6.42 Å². The van der Waals surface area contributed by atoms with Gasteiger partial charge >= 0.3 is 0 Å². The molecule has 0 aliphatic rings. The first-order chi connectivity index (χ1) is 10.3. The summed E-state index contributed by atoms with van der Waals surface area (Å²) in [7, 11) is 0. The highest BCUT2D eigenvalue weighted by molar-refractivity contribution is 5.83. The molecule has 106 valence electrons. The van der Waals surface area contributed by atoms with Crippen molar-refractivity contribution in [2.45, 2.75) is 19.4 Å². The van der Waals surface area contributed by atoms with E-state index in [1.165, 1.54) is 27.5 Å². The normalized spacial score (nSPS) is 12.5. The lowest BCUT2D eigenvalue weighted by Gasteiger charge is -2.17. The van der Waals surface area contributed by atoms with E-state index in [1.54, 1.807) is 0 Å². The molecule has 0 aromatic heterocycles. The molecule has 1 unspecified atom stereocenters. The molecule has 0 saturated heterocycles. The fourth-order valence-corrected chi connectivity index (χ4v) is 2.67. The Labute approximate surface area is 125 Å². The highest BCUT2D eigenvalue weighted by Crippen LogP contribution is 2.21. The molecular formula is C19H20N2. The van der Waals surface area contributed by atoms with Gasteiger partial charge in [0.1, 0.15) is 0 Å². The molecule has 3 aromatic rings. The molecule has 0 spiro atoms. The highest BCUT2D eigenvalue weighted by atomic mass is 15.2. The Morgan fingerprint density at radius 1 is 0.905 bits per heavy atom. The third kappa shape index (κ3) is 3.13. The fraction of sp³-hybridized carbons (Fsp3) is 0.158. The van der Waals surface area contributed by atoms with Gasteiger partial charge in [-0.25, -0.2) is 0 Å². The van der Waals surface area contributed by atoms with Crippen LogP contribution in [0.2, 0.25) is 0 Å². The van der Waals surface area contributed by atoms with Crippen molar-refractivity contribution in [3.05, 3.63) is 83.4 Å². The predicted octanol–water partition coefficient (Wildman–Crippen LogP) is 3.90. The van der Waals surface area contributed by atoms with Crippen molar-refractivity contribution in [1.29, 1.82) is 0 Å². The number of aryl methyl sites for hydroxylation is 1. The van der Waals surface area contributed by atoms with Crippen molar-refractivity contribution in [1.82, 2.24) is 5.43 Å². The third-order valence-corrected chi connectivity index (χ3v) is 3.93. The van der Waals surface area contributed by atoms with E-state index in [9.17, 15) is 0 Å². The van der Waals surface area contributed by atoms with Crippen molar-refractivity contribution in [3.63, 3.8) is 0 Å². The molecule has 3 rings (SSSR count). The summed E-state index contributed by atoms with van der Waals surface area (Å²) in [5.74, 6) is 5.75. The van der Waals surface area contributed by atoms with Gasteiger partial charge < -0.3 is 0 Å². The van der Waals surface area contributed by atoms with Crippen LogP contribution in [0.1, 0.15) is 22.7 Å². The SMILES string of the molecule is Cc1ccc(C(Cc2ccc3ccccc3c2)NN)cc1. The maximum atomic E-state index is 5.75. The third-order valence-electron chi connectivity index (χ3n) is 3.93. The number of rotatable bonds is 4. The lowest BCUT2D eigenvalue weighted by molar-refractivity contribution is 0.552. The van der Waals surface area contributed by atoms with Crippen molar-refractivity contribution >= 4 is 10.8 Å². The number of fused-ring (bicyclic) bond motifs is 1. The van der Waals surface area contributed by atoms with Gasteiger partial charge in [0.05, 0.1) is 0 Å². The molecule has 0 aliphatic carbocycles. The van der Waals surface area contributed by atoms with Gasteiger partial charge in [-0.1, -0.05) is 72.3 Å². The van der Waals surface area contributed by atoms with Crippen LogP contribution in [0.25, 0.3) is 10.8 Å². The second-order valence-corrected chi connectivity index (χ2v) is 5.52. The molecule has 3 N–H and O–H groups in total. The maximum Gasteiger partial charge on any atom is 0.0500 e. The van der Waals surface area contributed by atoms with E-state index < -0.39 is 0 Å². The quantitative estimate of drug-likeness (QED) is 0.560. The molecule has 0 saturated carbocycles. The first-order valence-corrected chi connectivity index (χ1v) is 7.26. The molecular weight excluding hydrogens is 256 g/mol. The van der Waals surface area contributed by atoms with Crippen LogP contribution in [0.5, 0.6) is 0 Å². The van der Waals surface area contributed by atoms with Crippen LogP contribution >= 0.6 is 0 Å². The molecule has 0 heterocycles. The molecule has 2 nitrogen and oxygen atoms in total. The predicted molar refractivity (Wildman–Crippen MR) is 88.9 cm³/mol. The zero-order chi connectivity index (χ0) is 14.7. The van der Waals surface area contributed by atoms with Gasteiger partial charge in [-0.05, 0) is 35.2 Å². The smallest absolute Gasteiger partial charge is 0.0500 e. The summed E-state index contributed by atoms with van der Waals surface area (Å²) in [5, 5.41) is 2.54. The molecule has 0 aliphatic heterocycles. The van der Waals surface area contributed by atoms with Crippen molar-refractivity contribution < 1.29 is 0 Å². The molecule has 2 heteroatoms. The van der Waals surface area contributed by atoms with Crippen LogP contribution in [0.4, 0.5) is 0 Å². The maximum absolute atomic E-state index is 5.75. The van der Waals surface area contributed by atoms with E-state index in [4.69, 9.17) is 5.84 Å². The number of hydrogen-bond acceptors (Lipinski definition) is 2. The largest absolute Gasteiger partial charge is 0.271 e. The summed E-state index contributed by atoms with van der Waals surface area (Å²) in [6.45, 7) is 2.10. The monoisotopic (exact) mass is 276 g/mol. The van der Waals surface area contributed by atoms with Crippen molar-refractivity contribution in [2.24, 2.45) is 5.84 Å². The van der Waals surface area contributed by atoms with Crippen molar-refractivity contribution in [3.8, 4) is 0 Å². The van der Waals surface area contributed by atoms with Gasteiger partial charge in [0.2, 0.25) is 0 Å². The molecule has 1 atom stereocenters. The Kier molecular flexibility index (Phi) is 4.00. The molecule has 3 aromatic carbocycles. The lowest BCUT2D eigenvalue weighted by Crippen LogP contribution is -2.29. The van der Waals surface area contributed by atoms with Gasteiger partial charge in [-0.3, -0.25) is 11.3 Å². The number of nitrogens with one attached hydrogen (secondary N) is 1. The molecule has 0 amide bonds. The summed E-state index contributed by atoms with van der Waals surface area (Å²) in [5.41, 5.74) is 6.71. The molecule has 0 radical (unpaired) electrons. The summed E-state index contributed by atoms with van der Waals surface area (Å²) < 4.78 is 0. The first-order valence-electron chi connectivity index (χ1n) is 7.26. The van der Waals surface area contributed by atoms with Crippen LogP contribution < -0.4 is 11.3 Å². The minimum absolute atomic E-state index is 0.131. The minimum Gasteiger partial charge on any atom is -0.271 e. The summed E-state index contributed by atoms with van der Waals surface area (Å²) in [6.07, 6.45) is 0.879. The average molecular weight is 276 g/mol. The van der Waals surface area contributed by atoms with Gasteiger partial charge in [-0.2, -0.15) is 0 Å². The van der Waals surface area contributed by atoms with E-state index in [-0.39, 0.29) is 6.04 Å². The first kappa shape index (κ1) is 13.8. The average Bonchev–Trinajstić information content (AvgIpc) is 2.53.